The molecule has 0 aliphatic carbocycles. The number of imidazole rings is 1. The van der Waals surface area contributed by atoms with Gasteiger partial charge in [-0.25, -0.2) is 14.6 Å². The first-order valence-corrected chi connectivity index (χ1v) is 12.7. The molecule has 0 fully saturated rings. The highest BCUT2D eigenvalue weighted by atomic mass is 16.6. The zero-order chi connectivity index (χ0) is 26.9. The summed E-state index contributed by atoms with van der Waals surface area (Å²) in [5, 5.41) is 2.75. The molecule has 2 aromatic heterocycles. The fourth-order valence-electron chi connectivity index (χ4n) is 4.01. The van der Waals surface area contributed by atoms with E-state index in [1.54, 1.807) is 22.5 Å². The second-order valence-electron chi connectivity index (χ2n) is 10.2. The van der Waals surface area contributed by atoms with E-state index in [0.717, 1.165) is 32.1 Å². The van der Waals surface area contributed by atoms with Crippen molar-refractivity contribution >= 4 is 23.2 Å². The summed E-state index contributed by atoms with van der Waals surface area (Å²) in [7, 11) is 1.74. The zero-order valence-electron chi connectivity index (χ0n) is 22.5. The van der Waals surface area contributed by atoms with Crippen molar-refractivity contribution in [3.05, 3.63) is 27.2 Å². The van der Waals surface area contributed by atoms with Crippen LogP contribution in [0.1, 0.15) is 79.6 Å². The molecule has 0 saturated carbocycles. The molecule has 202 valence electrons. The van der Waals surface area contributed by atoms with Crippen molar-refractivity contribution in [1.82, 2.24) is 24.0 Å². The molecule has 11 heteroatoms. The fourth-order valence-corrected chi connectivity index (χ4v) is 4.01. The van der Waals surface area contributed by atoms with Crippen molar-refractivity contribution in [2.75, 3.05) is 6.54 Å². The minimum atomic E-state index is -0.521. The number of esters is 1. The molecular weight excluding hydrogens is 466 g/mol. The van der Waals surface area contributed by atoms with Gasteiger partial charge in [-0.15, -0.1) is 0 Å². The lowest BCUT2D eigenvalue weighted by atomic mass is 10.1. The molecule has 1 atom stereocenters. The fraction of sp³-hybridized carbons (Fsp3) is 0.720. The highest BCUT2D eigenvalue weighted by Gasteiger charge is 2.17. The summed E-state index contributed by atoms with van der Waals surface area (Å²) in [5.41, 5.74) is -0.408. The molecule has 0 aliphatic rings. The standard InChI is InChI=1S/C25H41N5O6/c1-18(35-19(2)31)13-9-12-16-30-22(32)20-21(27-17-28(20)6)29(24(30)34)15-11-8-7-10-14-26-23(33)36-25(3,4)5/h17-18H,7-16H2,1-6H3,(H,26,33)/t18-/m1/s1. The Balaban J connectivity index is 1.94. The maximum absolute atomic E-state index is 13.2. The van der Waals surface area contributed by atoms with Crippen molar-refractivity contribution in [2.24, 2.45) is 7.05 Å². The summed E-state index contributed by atoms with van der Waals surface area (Å²) in [6, 6.07) is 0. The Morgan fingerprint density at radius 1 is 1.03 bits per heavy atom. The van der Waals surface area contributed by atoms with Gasteiger partial charge in [0.25, 0.3) is 5.56 Å². The van der Waals surface area contributed by atoms with Crippen LogP contribution in [0, 0.1) is 0 Å². The van der Waals surface area contributed by atoms with Gasteiger partial charge in [0.2, 0.25) is 0 Å². The highest BCUT2D eigenvalue weighted by Crippen LogP contribution is 2.10. The Morgan fingerprint density at radius 3 is 2.33 bits per heavy atom. The molecule has 36 heavy (non-hydrogen) atoms. The maximum Gasteiger partial charge on any atom is 0.407 e. The maximum atomic E-state index is 13.2. The number of carbonyl (C=O) groups is 2. The summed E-state index contributed by atoms with van der Waals surface area (Å²) < 4.78 is 14.9. The van der Waals surface area contributed by atoms with Gasteiger partial charge < -0.3 is 19.4 Å². The smallest absolute Gasteiger partial charge is 0.407 e. The topological polar surface area (TPSA) is 126 Å². The van der Waals surface area contributed by atoms with E-state index in [-0.39, 0.29) is 23.3 Å². The molecular formula is C25H41N5O6. The number of fused-ring (bicyclic) bond motifs is 1. The quantitative estimate of drug-likeness (QED) is 0.326. The molecule has 1 N–H and O–H groups in total. The van der Waals surface area contributed by atoms with Gasteiger partial charge in [0.1, 0.15) is 5.60 Å². The summed E-state index contributed by atoms with van der Waals surface area (Å²) in [4.78, 5) is 53.3. The highest BCUT2D eigenvalue weighted by molar-refractivity contribution is 5.70. The second-order valence-corrected chi connectivity index (χ2v) is 10.2. The summed E-state index contributed by atoms with van der Waals surface area (Å²) >= 11 is 0. The number of rotatable bonds is 13. The van der Waals surface area contributed by atoms with Crippen molar-refractivity contribution in [3.8, 4) is 0 Å². The van der Waals surface area contributed by atoms with Crippen LogP contribution in [0.3, 0.4) is 0 Å². The number of hydrogen-bond donors (Lipinski definition) is 1. The van der Waals surface area contributed by atoms with Gasteiger partial charge in [-0.1, -0.05) is 12.8 Å². The number of carbonyl (C=O) groups excluding carboxylic acids is 2. The minimum Gasteiger partial charge on any atom is -0.463 e. The number of alkyl carbamates (subject to hydrolysis) is 1. The number of aryl methyl sites for hydroxylation is 2. The third-order valence-corrected chi connectivity index (χ3v) is 5.67. The number of ether oxygens (including phenoxy) is 2. The third-order valence-electron chi connectivity index (χ3n) is 5.67. The van der Waals surface area contributed by atoms with Gasteiger partial charge >= 0.3 is 17.8 Å². The first-order valence-electron chi connectivity index (χ1n) is 12.7. The monoisotopic (exact) mass is 507 g/mol. The Labute approximate surface area is 211 Å². The zero-order valence-corrected chi connectivity index (χ0v) is 22.5. The molecule has 0 radical (unpaired) electrons. The van der Waals surface area contributed by atoms with Gasteiger partial charge in [-0.05, 0) is 59.8 Å². The van der Waals surface area contributed by atoms with Crippen molar-refractivity contribution in [2.45, 2.75) is 104 Å². The number of nitrogens with one attached hydrogen (secondary N) is 1. The molecule has 0 unspecified atom stereocenters. The predicted molar refractivity (Wildman–Crippen MR) is 137 cm³/mol. The van der Waals surface area contributed by atoms with Crippen LogP contribution < -0.4 is 16.6 Å². The van der Waals surface area contributed by atoms with Crippen molar-refractivity contribution < 1.29 is 19.1 Å². The number of nitrogens with zero attached hydrogens (tertiary/aromatic N) is 4. The second kappa shape index (κ2) is 13.3. The van der Waals surface area contributed by atoms with E-state index < -0.39 is 11.7 Å². The van der Waals surface area contributed by atoms with E-state index in [2.05, 4.69) is 10.3 Å². The molecule has 2 heterocycles. The van der Waals surface area contributed by atoms with Crippen LogP contribution in [0.2, 0.25) is 0 Å². The predicted octanol–water partition coefficient (Wildman–Crippen LogP) is 3.10. The Kier molecular flexibility index (Phi) is 10.7. The number of aromatic nitrogens is 4. The lowest BCUT2D eigenvalue weighted by Gasteiger charge is -2.19. The summed E-state index contributed by atoms with van der Waals surface area (Å²) in [6.45, 7) is 9.95. The van der Waals surface area contributed by atoms with E-state index in [1.807, 2.05) is 27.7 Å². The Morgan fingerprint density at radius 2 is 1.67 bits per heavy atom. The van der Waals surface area contributed by atoms with Gasteiger partial charge in [0, 0.05) is 33.6 Å². The summed E-state index contributed by atoms with van der Waals surface area (Å²) in [5.74, 6) is -0.317. The van der Waals surface area contributed by atoms with Crippen LogP contribution in [0.15, 0.2) is 15.9 Å². The molecule has 2 rings (SSSR count). The molecule has 0 spiro atoms. The van der Waals surface area contributed by atoms with Gasteiger partial charge in [0.05, 0.1) is 12.4 Å². The molecule has 11 nitrogen and oxygen atoms in total. The van der Waals surface area contributed by atoms with Crippen LogP contribution in [-0.4, -0.2) is 49.0 Å². The molecule has 0 aliphatic heterocycles. The normalized spacial score (nSPS) is 12.5. The van der Waals surface area contributed by atoms with Crippen LogP contribution in [0.4, 0.5) is 4.79 Å². The largest absolute Gasteiger partial charge is 0.463 e. The minimum absolute atomic E-state index is 0.199. The first-order chi connectivity index (χ1) is 16.9. The average molecular weight is 508 g/mol. The lowest BCUT2D eigenvalue weighted by molar-refractivity contribution is -0.145. The SMILES string of the molecule is CC(=O)O[C@H](C)CCCCn1c(=O)c2c(ncn2C)n(CCCCCCNC(=O)OC(C)(C)C)c1=O. The third kappa shape index (κ3) is 8.83. The molecule has 2 aromatic rings. The Bertz CT molecular complexity index is 1140. The van der Waals surface area contributed by atoms with Crippen LogP contribution in [-0.2, 0) is 34.4 Å². The molecule has 0 bridgehead atoms. The van der Waals surface area contributed by atoms with Gasteiger partial charge in [0.15, 0.2) is 11.2 Å². The van der Waals surface area contributed by atoms with Crippen LogP contribution in [0.25, 0.3) is 11.2 Å². The summed E-state index contributed by atoms with van der Waals surface area (Å²) in [6.07, 6.45) is 6.24. The first kappa shape index (κ1) is 29.1. The Hall–Kier alpha value is -3.11. The van der Waals surface area contributed by atoms with E-state index in [1.165, 1.54) is 11.5 Å². The number of amides is 1. The van der Waals surface area contributed by atoms with E-state index in [0.29, 0.717) is 43.6 Å². The van der Waals surface area contributed by atoms with Crippen molar-refractivity contribution in [3.63, 3.8) is 0 Å². The number of unbranched alkanes of at least 4 members (excludes halogenated alkanes) is 4. The number of hydrogen-bond acceptors (Lipinski definition) is 7. The van der Waals surface area contributed by atoms with E-state index >= 15 is 0 Å². The van der Waals surface area contributed by atoms with Gasteiger partial charge in [-0.2, -0.15) is 0 Å². The van der Waals surface area contributed by atoms with E-state index in [9.17, 15) is 19.2 Å². The van der Waals surface area contributed by atoms with Crippen molar-refractivity contribution in [1.29, 1.82) is 0 Å². The van der Waals surface area contributed by atoms with Gasteiger partial charge in [-0.3, -0.25) is 18.7 Å². The molecule has 1 amide bonds. The van der Waals surface area contributed by atoms with Crippen LogP contribution in [0.5, 0.6) is 0 Å². The molecule has 0 saturated heterocycles. The van der Waals surface area contributed by atoms with E-state index in [4.69, 9.17) is 9.47 Å². The lowest BCUT2D eigenvalue weighted by Crippen LogP contribution is -2.40. The van der Waals surface area contributed by atoms with Crippen LogP contribution >= 0.6 is 0 Å². The molecule has 0 aromatic carbocycles. The average Bonchev–Trinajstić information content (AvgIpc) is 3.14.